The lowest BCUT2D eigenvalue weighted by Gasteiger charge is -2.34. The molecule has 9 nitrogen and oxygen atoms in total. The van der Waals surface area contributed by atoms with Gasteiger partial charge in [0.05, 0.1) is 5.69 Å². The second-order valence-corrected chi connectivity index (χ2v) is 8.45. The summed E-state index contributed by atoms with van der Waals surface area (Å²) < 4.78 is 0. The second kappa shape index (κ2) is 11.0. The number of phenolic OH excluding ortho intramolecular Hbond substituents is 1. The number of rotatable bonds is 8. The van der Waals surface area contributed by atoms with E-state index >= 15 is 0 Å². The summed E-state index contributed by atoms with van der Waals surface area (Å²) in [5, 5.41) is 29.5. The molecule has 1 fully saturated rings. The van der Waals surface area contributed by atoms with Gasteiger partial charge in [0.15, 0.2) is 5.82 Å². The van der Waals surface area contributed by atoms with Gasteiger partial charge in [0.25, 0.3) is 0 Å². The summed E-state index contributed by atoms with van der Waals surface area (Å²) >= 11 is 0. The van der Waals surface area contributed by atoms with Crippen LogP contribution in [-0.2, 0) is 6.54 Å². The molecule has 0 spiro atoms. The lowest BCUT2D eigenvalue weighted by atomic mass is 10.0. The van der Waals surface area contributed by atoms with Crippen molar-refractivity contribution >= 4 is 11.9 Å². The first-order valence-corrected chi connectivity index (χ1v) is 11.4. The highest BCUT2D eigenvalue weighted by molar-refractivity contribution is 5.79. The highest BCUT2D eigenvalue weighted by Gasteiger charge is 2.17. The van der Waals surface area contributed by atoms with E-state index < -0.39 is 6.09 Å². The average Bonchev–Trinajstić information content (AvgIpc) is 2.84. The lowest BCUT2D eigenvalue weighted by Crippen LogP contribution is -2.46. The number of aromatic hydroxyl groups is 1. The van der Waals surface area contributed by atoms with Crippen LogP contribution < -0.4 is 11.1 Å². The highest BCUT2D eigenvalue weighted by atomic mass is 16.4. The number of para-hydroxylation sites is 1. The van der Waals surface area contributed by atoms with Gasteiger partial charge in [-0.05, 0) is 42.3 Å². The molecule has 2 heterocycles. The van der Waals surface area contributed by atoms with Gasteiger partial charge in [-0.25, -0.2) is 4.79 Å². The van der Waals surface area contributed by atoms with E-state index in [0.717, 1.165) is 56.8 Å². The average molecular weight is 463 g/mol. The molecule has 4 rings (SSSR count). The zero-order valence-electron chi connectivity index (χ0n) is 19.0. The highest BCUT2D eigenvalue weighted by Crippen LogP contribution is 2.32. The molecular weight excluding hydrogens is 432 g/mol. The van der Waals surface area contributed by atoms with Gasteiger partial charge in [-0.2, -0.15) is 0 Å². The Morgan fingerprint density at radius 2 is 1.68 bits per heavy atom. The zero-order valence-corrected chi connectivity index (χ0v) is 19.0. The monoisotopic (exact) mass is 462 g/mol. The Kier molecular flexibility index (Phi) is 7.56. The Morgan fingerprint density at radius 3 is 2.38 bits per heavy atom. The molecule has 5 N–H and O–H groups in total. The van der Waals surface area contributed by atoms with Gasteiger partial charge in [-0.1, -0.05) is 36.4 Å². The Hall–Kier alpha value is -3.69. The van der Waals surface area contributed by atoms with Crippen molar-refractivity contribution in [1.29, 1.82) is 0 Å². The number of hydrogen-bond donors (Lipinski definition) is 4. The van der Waals surface area contributed by atoms with E-state index in [1.807, 2.05) is 24.3 Å². The van der Waals surface area contributed by atoms with Gasteiger partial charge in [-0.15, -0.1) is 10.2 Å². The maximum atomic E-state index is 10.5. The molecule has 0 atom stereocenters. The lowest BCUT2D eigenvalue weighted by molar-refractivity contribution is 0.126. The normalized spacial score (nSPS) is 14.7. The van der Waals surface area contributed by atoms with E-state index in [4.69, 9.17) is 10.8 Å². The van der Waals surface area contributed by atoms with Crippen molar-refractivity contribution in [2.75, 3.05) is 45.0 Å². The number of carbonyl (C=O) groups is 1. The van der Waals surface area contributed by atoms with Crippen LogP contribution in [0.4, 0.5) is 10.6 Å². The van der Waals surface area contributed by atoms with Crippen LogP contribution >= 0.6 is 0 Å². The Morgan fingerprint density at radius 1 is 0.971 bits per heavy atom. The standard InChI is InChI=1S/C25H30N6O3/c26-24-21(16-22(28-29-24)20-4-1-2-5-23(20)32)19-8-6-18(7-9-19)17-31-14-12-30(13-15-31)11-3-10-27-25(33)34/h1-2,4-9,16,27,32H,3,10-15,17H2,(H2,26,29)(H,33,34). The van der Waals surface area contributed by atoms with E-state index in [-0.39, 0.29) is 5.75 Å². The fourth-order valence-electron chi connectivity index (χ4n) is 4.17. The molecule has 0 bridgehead atoms. The van der Waals surface area contributed by atoms with E-state index in [0.29, 0.717) is 23.6 Å². The van der Waals surface area contributed by atoms with Crippen molar-refractivity contribution in [3.8, 4) is 28.1 Å². The molecule has 0 unspecified atom stereocenters. The van der Waals surface area contributed by atoms with E-state index in [9.17, 15) is 9.90 Å². The van der Waals surface area contributed by atoms with Gasteiger partial charge < -0.3 is 26.2 Å². The van der Waals surface area contributed by atoms with Crippen molar-refractivity contribution in [1.82, 2.24) is 25.3 Å². The second-order valence-electron chi connectivity index (χ2n) is 8.45. The van der Waals surface area contributed by atoms with E-state index in [1.165, 1.54) is 5.56 Å². The Labute approximate surface area is 198 Å². The number of hydrogen-bond acceptors (Lipinski definition) is 7. The topological polar surface area (TPSA) is 128 Å². The fourth-order valence-corrected chi connectivity index (χ4v) is 4.17. The third kappa shape index (κ3) is 6.00. The number of piperazine rings is 1. The van der Waals surface area contributed by atoms with Crippen molar-refractivity contribution in [3.05, 3.63) is 60.2 Å². The molecule has 3 aromatic rings. The molecule has 9 heteroatoms. The smallest absolute Gasteiger partial charge is 0.404 e. The maximum Gasteiger partial charge on any atom is 0.404 e. The summed E-state index contributed by atoms with van der Waals surface area (Å²) in [5.41, 5.74) is 10.3. The summed E-state index contributed by atoms with van der Waals surface area (Å²) in [4.78, 5) is 15.3. The molecule has 0 aliphatic carbocycles. The summed E-state index contributed by atoms with van der Waals surface area (Å²) in [6.07, 6.45) is -0.138. The van der Waals surface area contributed by atoms with E-state index in [2.05, 4.69) is 37.4 Å². The quantitative estimate of drug-likeness (QED) is 0.376. The maximum absolute atomic E-state index is 10.5. The van der Waals surface area contributed by atoms with Gasteiger partial charge in [0, 0.05) is 50.4 Å². The van der Waals surface area contributed by atoms with Crippen LogP contribution in [0.25, 0.3) is 22.4 Å². The molecule has 2 aromatic carbocycles. The van der Waals surface area contributed by atoms with Crippen molar-refractivity contribution in [2.24, 2.45) is 0 Å². The number of amides is 1. The first-order chi connectivity index (χ1) is 16.5. The molecule has 178 valence electrons. The van der Waals surface area contributed by atoms with Gasteiger partial charge in [0.2, 0.25) is 0 Å². The third-order valence-corrected chi connectivity index (χ3v) is 6.07. The van der Waals surface area contributed by atoms with Crippen LogP contribution in [-0.4, -0.2) is 75.6 Å². The van der Waals surface area contributed by atoms with Crippen LogP contribution in [0.3, 0.4) is 0 Å². The molecule has 1 aliphatic rings. The largest absolute Gasteiger partial charge is 0.507 e. The number of aromatic nitrogens is 2. The molecule has 0 saturated carbocycles. The summed E-state index contributed by atoms with van der Waals surface area (Å²) in [7, 11) is 0. The predicted molar refractivity (Wildman–Crippen MR) is 131 cm³/mol. The minimum absolute atomic E-state index is 0.153. The predicted octanol–water partition coefficient (Wildman–Crippen LogP) is 2.87. The zero-order chi connectivity index (χ0) is 23.9. The van der Waals surface area contributed by atoms with Gasteiger partial charge in [-0.3, -0.25) is 4.90 Å². The number of nitrogens with one attached hydrogen (secondary N) is 1. The first kappa shape index (κ1) is 23.5. The Bertz CT molecular complexity index is 1110. The number of nitrogen functional groups attached to an aromatic ring is 1. The van der Waals surface area contributed by atoms with E-state index in [1.54, 1.807) is 18.2 Å². The fraction of sp³-hybridized carbons (Fsp3) is 0.320. The van der Waals surface area contributed by atoms with Gasteiger partial charge in [0.1, 0.15) is 5.75 Å². The van der Waals surface area contributed by atoms with Crippen LogP contribution in [0.1, 0.15) is 12.0 Å². The Balaban J connectivity index is 1.34. The SMILES string of the molecule is Nc1nnc(-c2ccccc2O)cc1-c1ccc(CN2CCN(CCCNC(=O)O)CC2)cc1. The number of benzene rings is 2. The minimum Gasteiger partial charge on any atom is -0.507 e. The molecule has 0 radical (unpaired) electrons. The molecule has 1 aromatic heterocycles. The first-order valence-electron chi connectivity index (χ1n) is 11.4. The number of carboxylic acid groups (broad SMARTS) is 1. The number of nitrogens with zero attached hydrogens (tertiary/aromatic N) is 4. The molecule has 1 saturated heterocycles. The summed E-state index contributed by atoms with van der Waals surface area (Å²) in [6.45, 7) is 6.22. The molecular formula is C25H30N6O3. The van der Waals surface area contributed by atoms with Crippen LogP contribution in [0.15, 0.2) is 54.6 Å². The minimum atomic E-state index is -0.963. The summed E-state index contributed by atoms with van der Waals surface area (Å²) in [6, 6.07) is 17.2. The number of anilines is 1. The van der Waals surface area contributed by atoms with Crippen LogP contribution in [0, 0.1) is 0 Å². The number of phenols is 1. The van der Waals surface area contributed by atoms with Gasteiger partial charge >= 0.3 is 6.09 Å². The van der Waals surface area contributed by atoms with Crippen molar-refractivity contribution in [3.63, 3.8) is 0 Å². The molecule has 34 heavy (non-hydrogen) atoms. The summed E-state index contributed by atoms with van der Waals surface area (Å²) in [5.74, 6) is 0.501. The van der Waals surface area contributed by atoms with Crippen molar-refractivity contribution in [2.45, 2.75) is 13.0 Å². The molecule has 1 amide bonds. The van der Waals surface area contributed by atoms with Crippen LogP contribution in [0.2, 0.25) is 0 Å². The van der Waals surface area contributed by atoms with Crippen LogP contribution in [0.5, 0.6) is 5.75 Å². The number of nitrogens with two attached hydrogens (primary N) is 1. The van der Waals surface area contributed by atoms with Crippen molar-refractivity contribution < 1.29 is 15.0 Å². The third-order valence-electron chi connectivity index (χ3n) is 6.07. The molecule has 1 aliphatic heterocycles.